The Morgan fingerprint density at radius 3 is 2.64 bits per heavy atom. The minimum atomic E-state index is -0.560. The molecule has 0 radical (unpaired) electrons. The smallest absolute Gasteiger partial charge is 0.228 e. The maximum atomic E-state index is 13.6. The fourth-order valence-corrected chi connectivity index (χ4v) is 2.60. The summed E-state index contributed by atoms with van der Waals surface area (Å²) in [4.78, 5) is 12.5. The molecule has 1 atom stereocenters. The number of hydrogen-bond donors (Lipinski definition) is 2. The molecule has 3 N–H and O–H groups in total. The van der Waals surface area contributed by atoms with Gasteiger partial charge in [0.15, 0.2) is 0 Å². The summed E-state index contributed by atoms with van der Waals surface area (Å²) in [5, 5.41) is 2.96. The van der Waals surface area contributed by atoms with Gasteiger partial charge in [-0.3, -0.25) is 4.79 Å². The molecule has 22 heavy (non-hydrogen) atoms. The van der Waals surface area contributed by atoms with Crippen molar-refractivity contribution in [2.75, 3.05) is 19.8 Å². The zero-order chi connectivity index (χ0) is 15.5. The molecule has 1 aromatic carbocycles. The van der Waals surface area contributed by atoms with Gasteiger partial charge in [-0.05, 0) is 43.9 Å². The summed E-state index contributed by atoms with van der Waals surface area (Å²) >= 11 is 0. The zero-order valence-corrected chi connectivity index (χ0v) is 13.8. The number of nitrogens with two attached hydrogens (primary N) is 1. The third kappa shape index (κ3) is 3.97. The quantitative estimate of drug-likeness (QED) is 0.891. The Kier molecular flexibility index (Phi) is 6.78. The van der Waals surface area contributed by atoms with E-state index >= 15 is 0 Å². The van der Waals surface area contributed by atoms with E-state index in [0.29, 0.717) is 38.2 Å². The fourth-order valence-electron chi connectivity index (χ4n) is 2.60. The second-order valence-electron chi connectivity index (χ2n) is 5.80. The molecule has 1 saturated heterocycles. The standard InChI is InChI=1S/C16H23FN2O2.ClH/c1-11-3-4-13(9-14(11)17)12(2)19-15(20)16(10-18)5-7-21-8-6-16;/h3-4,9,12H,5-8,10,18H2,1-2H3,(H,19,20);1H. The number of benzene rings is 1. The molecule has 1 heterocycles. The highest BCUT2D eigenvalue weighted by Crippen LogP contribution is 2.30. The van der Waals surface area contributed by atoms with Crippen LogP contribution in [-0.4, -0.2) is 25.7 Å². The molecule has 1 fully saturated rings. The molecule has 6 heteroatoms. The molecule has 1 aromatic rings. The van der Waals surface area contributed by atoms with Gasteiger partial charge in [-0.15, -0.1) is 12.4 Å². The number of ether oxygens (including phenoxy) is 1. The minimum Gasteiger partial charge on any atom is -0.381 e. The van der Waals surface area contributed by atoms with Gasteiger partial charge in [0, 0.05) is 19.8 Å². The van der Waals surface area contributed by atoms with E-state index < -0.39 is 5.41 Å². The first-order chi connectivity index (χ1) is 9.98. The summed E-state index contributed by atoms with van der Waals surface area (Å²) in [6, 6.07) is 4.78. The van der Waals surface area contributed by atoms with Crippen molar-refractivity contribution in [1.29, 1.82) is 0 Å². The first kappa shape index (κ1) is 18.9. The van der Waals surface area contributed by atoms with Gasteiger partial charge in [-0.2, -0.15) is 0 Å². The van der Waals surface area contributed by atoms with Crippen LogP contribution >= 0.6 is 12.4 Å². The highest BCUT2D eigenvalue weighted by Gasteiger charge is 2.39. The van der Waals surface area contributed by atoms with Crippen LogP contribution in [0.5, 0.6) is 0 Å². The van der Waals surface area contributed by atoms with E-state index in [1.807, 2.05) is 13.0 Å². The molecule has 0 saturated carbocycles. The SMILES string of the molecule is Cc1ccc(C(C)NC(=O)C2(CN)CCOCC2)cc1F.Cl. The summed E-state index contributed by atoms with van der Waals surface area (Å²) in [6.07, 6.45) is 1.26. The van der Waals surface area contributed by atoms with Crippen molar-refractivity contribution in [3.8, 4) is 0 Å². The molecule has 0 bridgehead atoms. The third-order valence-corrected chi connectivity index (χ3v) is 4.37. The molecule has 1 aliphatic rings. The maximum Gasteiger partial charge on any atom is 0.228 e. The number of amides is 1. The van der Waals surface area contributed by atoms with Gasteiger partial charge >= 0.3 is 0 Å². The normalized spacial score (nSPS) is 18.2. The van der Waals surface area contributed by atoms with Gasteiger partial charge in [0.05, 0.1) is 11.5 Å². The average Bonchev–Trinajstić information content (AvgIpc) is 2.50. The van der Waals surface area contributed by atoms with E-state index in [1.165, 1.54) is 6.07 Å². The van der Waals surface area contributed by atoms with E-state index in [1.54, 1.807) is 13.0 Å². The molecule has 124 valence electrons. The molecule has 0 aromatic heterocycles. The summed E-state index contributed by atoms with van der Waals surface area (Å²) in [5.74, 6) is -0.324. The Hall–Kier alpha value is -1.17. The second kappa shape index (κ2) is 7.90. The van der Waals surface area contributed by atoms with Gasteiger partial charge in [0.25, 0.3) is 0 Å². The molecule has 1 unspecified atom stereocenters. The summed E-state index contributed by atoms with van der Waals surface area (Å²) in [6.45, 7) is 4.98. The van der Waals surface area contributed by atoms with Crippen LogP contribution in [0.2, 0.25) is 0 Å². The molecule has 4 nitrogen and oxygen atoms in total. The van der Waals surface area contributed by atoms with Crippen molar-refractivity contribution in [2.45, 2.75) is 32.7 Å². The average molecular weight is 331 g/mol. The van der Waals surface area contributed by atoms with Crippen LogP contribution in [0.4, 0.5) is 4.39 Å². The maximum absolute atomic E-state index is 13.6. The number of rotatable bonds is 4. The summed E-state index contributed by atoms with van der Waals surface area (Å²) < 4.78 is 18.9. The van der Waals surface area contributed by atoms with Crippen LogP contribution in [0.1, 0.15) is 36.9 Å². The van der Waals surface area contributed by atoms with Crippen molar-refractivity contribution in [2.24, 2.45) is 11.1 Å². The zero-order valence-electron chi connectivity index (χ0n) is 13.0. The molecular formula is C16H24ClFN2O2. The Balaban J connectivity index is 0.00000242. The lowest BCUT2D eigenvalue weighted by atomic mass is 9.79. The van der Waals surface area contributed by atoms with E-state index in [-0.39, 0.29) is 30.2 Å². The van der Waals surface area contributed by atoms with Gasteiger partial charge in [-0.1, -0.05) is 12.1 Å². The number of hydrogen-bond acceptors (Lipinski definition) is 3. The van der Waals surface area contributed by atoms with Crippen molar-refractivity contribution < 1.29 is 13.9 Å². The van der Waals surface area contributed by atoms with Crippen LogP contribution < -0.4 is 11.1 Å². The van der Waals surface area contributed by atoms with Crippen LogP contribution in [0.15, 0.2) is 18.2 Å². The first-order valence-corrected chi connectivity index (χ1v) is 7.33. The van der Waals surface area contributed by atoms with Crippen LogP contribution in [0, 0.1) is 18.2 Å². The topological polar surface area (TPSA) is 64.4 Å². The van der Waals surface area contributed by atoms with Gasteiger partial charge in [-0.25, -0.2) is 4.39 Å². The lowest BCUT2D eigenvalue weighted by molar-refractivity contribution is -0.136. The van der Waals surface area contributed by atoms with Crippen molar-refractivity contribution in [3.63, 3.8) is 0 Å². The second-order valence-corrected chi connectivity index (χ2v) is 5.80. The van der Waals surface area contributed by atoms with Gasteiger partial charge < -0.3 is 15.8 Å². The number of nitrogens with one attached hydrogen (secondary N) is 1. The monoisotopic (exact) mass is 330 g/mol. The predicted octanol–water partition coefficient (Wildman–Crippen LogP) is 2.49. The van der Waals surface area contributed by atoms with Crippen LogP contribution in [0.25, 0.3) is 0 Å². The van der Waals surface area contributed by atoms with Gasteiger partial charge in [0.2, 0.25) is 5.91 Å². The molecule has 1 amide bonds. The molecule has 0 spiro atoms. The van der Waals surface area contributed by atoms with E-state index in [0.717, 1.165) is 5.56 Å². The van der Waals surface area contributed by atoms with Crippen molar-refractivity contribution in [1.82, 2.24) is 5.32 Å². The Bertz CT molecular complexity index is 519. The Morgan fingerprint density at radius 2 is 2.09 bits per heavy atom. The highest BCUT2D eigenvalue weighted by molar-refractivity contribution is 5.85. The summed E-state index contributed by atoms with van der Waals surface area (Å²) in [5.41, 5.74) is 6.61. The lowest BCUT2D eigenvalue weighted by Gasteiger charge is -2.35. The molecular weight excluding hydrogens is 307 g/mol. The Morgan fingerprint density at radius 1 is 1.45 bits per heavy atom. The molecule has 1 aliphatic heterocycles. The lowest BCUT2D eigenvalue weighted by Crippen LogP contribution is -2.49. The van der Waals surface area contributed by atoms with E-state index in [4.69, 9.17) is 10.5 Å². The third-order valence-electron chi connectivity index (χ3n) is 4.37. The first-order valence-electron chi connectivity index (χ1n) is 7.33. The minimum absolute atomic E-state index is 0. The largest absolute Gasteiger partial charge is 0.381 e. The van der Waals surface area contributed by atoms with E-state index in [2.05, 4.69) is 5.32 Å². The van der Waals surface area contributed by atoms with Crippen LogP contribution in [0.3, 0.4) is 0 Å². The molecule has 2 rings (SSSR count). The van der Waals surface area contributed by atoms with Crippen LogP contribution in [-0.2, 0) is 9.53 Å². The molecule has 0 aliphatic carbocycles. The number of halogens is 2. The number of aryl methyl sites for hydroxylation is 1. The number of carbonyl (C=O) groups is 1. The van der Waals surface area contributed by atoms with Crippen molar-refractivity contribution >= 4 is 18.3 Å². The summed E-state index contributed by atoms with van der Waals surface area (Å²) in [7, 11) is 0. The van der Waals surface area contributed by atoms with Gasteiger partial charge in [0.1, 0.15) is 5.82 Å². The highest BCUT2D eigenvalue weighted by atomic mass is 35.5. The van der Waals surface area contributed by atoms with Crippen molar-refractivity contribution in [3.05, 3.63) is 35.1 Å². The number of carbonyl (C=O) groups excluding carboxylic acids is 1. The fraction of sp³-hybridized carbons (Fsp3) is 0.562. The van der Waals surface area contributed by atoms with E-state index in [9.17, 15) is 9.18 Å². The predicted molar refractivity (Wildman–Crippen MR) is 86.5 cm³/mol. The Labute approximate surface area is 137 Å².